The summed E-state index contributed by atoms with van der Waals surface area (Å²) in [5, 5.41) is 14.4. The smallest absolute Gasteiger partial charge is 0.296 e. The van der Waals surface area contributed by atoms with Crippen LogP contribution in [0.2, 0.25) is 0 Å². The quantitative estimate of drug-likeness (QED) is 0.655. The minimum Gasteiger partial charge on any atom is -0.493 e. The lowest BCUT2D eigenvalue weighted by Gasteiger charge is -2.39. The first-order valence-electron chi connectivity index (χ1n) is 6.18. The van der Waals surface area contributed by atoms with Crippen molar-refractivity contribution in [2.75, 3.05) is 19.5 Å². The van der Waals surface area contributed by atoms with E-state index >= 15 is 0 Å². The Morgan fingerprint density at radius 1 is 1.26 bits per heavy atom. The van der Waals surface area contributed by atoms with Crippen molar-refractivity contribution >= 4 is 11.4 Å². The topological polar surface area (TPSA) is 73.6 Å². The molecule has 1 aromatic carbocycles. The Hall–Kier alpha value is -1.98. The third kappa shape index (κ3) is 2.57. The van der Waals surface area contributed by atoms with Crippen LogP contribution in [0.5, 0.6) is 11.5 Å². The highest BCUT2D eigenvalue weighted by Gasteiger charge is 2.34. The molecular formula is C13H18N2O4. The van der Waals surface area contributed by atoms with E-state index in [0.29, 0.717) is 17.2 Å². The van der Waals surface area contributed by atoms with Crippen LogP contribution >= 0.6 is 0 Å². The average molecular weight is 266 g/mol. The molecule has 1 aromatic rings. The molecule has 1 saturated carbocycles. The van der Waals surface area contributed by atoms with E-state index in [2.05, 4.69) is 12.2 Å². The predicted molar refractivity (Wildman–Crippen MR) is 72.1 cm³/mol. The second-order valence-corrected chi connectivity index (χ2v) is 5.02. The number of methoxy groups -OCH3 is 2. The van der Waals surface area contributed by atoms with Gasteiger partial charge in [-0.2, -0.15) is 0 Å². The van der Waals surface area contributed by atoms with E-state index < -0.39 is 4.92 Å². The van der Waals surface area contributed by atoms with Crippen molar-refractivity contribution < 1.29 is 14.4 Å². The number of hydrogen-bond acceptors (Lipinski definition) is 5. The summed E-state index contributed by atoms with van der Waals surface area (Å²) in [6.07, 6.45) is 3.17. The van der Waals surface area contributed by atoms with Gasteiger partial charge in [-0.1, -0.05) is 0 Å². The van der Waals surface area contributed by atoms with Crippen molar-refractivity contribution in [3.05, 3.63) is 22.2 Å². The molecule has 1 fully saturated rings. The maximum Gasteiger partial charge on any atom is 0.296 e. The molecule has 6 nitrogen and oxygen atoms in total. The molecule has 2 rings (SSSR count). The van der Waals surface area contributed by atoms with Crippen molar-refractivity contribution in [2.24, 2.45) is 0 Å². The average Bonchev–Trinajstić information content (AvgIpc) is 2.35. The number of nitro groups is 1. The zero-order chi connectivity index (χ0) is 14.0. The zero-order valence-corrected chi connectivity index (χ0v) is 11.4. The lowest BCUT2D eigenvalue weighted by molar-refractivity contribution is -0.384. The Bertz CT molecular complexity index is 498. The molecule has 0 spiro atoms. The van der Waals surface area contributed by atoms with Crippen LogP contribution in [0.1, 0.15) is 26.2 Å². The van der Waals surface area contributed by atoms with Crippen molar-refractivity contribution in [2.45, 2.75) is 31.7 Å². The predicted octanol–water partition coefficient (Wildman–Crippen LogP) is 2.97. The number of anilines is 1. The Labute approximate surface area is 111 Å². The fourth-order valence-electron chi connectivity index (χ4n) is 2.28. The summed E-state index contributed by atoms with van der Waals surface area (Å²) in [4.78, 5) is 10.7. The fourth-order valence-corrected chi connectivity index (χ4v) is 2.28. The Balaban J connectivity index is 2.41. The number of nitrogens with zero attached hydrogens (tertiary/aromatic N) is 1. The van der Waals surface area contributed by atoms with Gasteiger partial charge in [0.1, 0.15) is 5.69 Å². The number of rotatable bonds is 5. The lowest BCUT2D eigenvalue weighted by Crippen LogP contribution is -2.41. The highest BCUT2D eigenvalue weighted by atomic mass is 16.6. The van der Waals surface area contributed by atoms with Gasteiger partial charge in [0.25, 0.3) is 5.69 Å². The van der Waals surface area contributed by atoms with Crippen molar-refractivity contribution in [3.63, 3.8) is 0 Å². The number of benzene rings is 1. The number of ether oxygens (including phenoxy) is 2. The molecule has 0 saturated heterocycles. The molecule has 104 valence electrons. The van der Waals surface area contributed by atoms with Crippen LogP contribution in [-0.2, 0) is 0 Å². The van der Waals surface area contributed by atoms with Gasteiger partial charge >= 0.3 is 0 Å². The highest BCUT2D eigenvalue weighted by Crippen LogP contribution is 2.42. The summed E-state index contributed by atoms with van der Waals surface area (Å²) in [6.45, 7) is 2.07. The van der Waals surface area contributed by atoms with Crippen molar-refractivity contribution in [1.82, 2.24) is 0 Å². The largest absolute Gasteiger partial charge is 0.493 e. The number of nitrogens with one attached hydrogen (secondary N) is 1. The van der Waals surface area contributed by atoms with E-state index in [1.807, 2.05) is 0 Å². The van der Waals surface area contributed by atoms with Gasteiger partial charge in [-0.25, -0.2) is 0 Å². The summed E-state index contributed by atoms with van der Waals surface area (Å²) in [5.74, 6) is 0.844. The molecule has 0 amide bonds. The standard InChI is InChI=1S/C13H18N2O4/c1-13(5-4-6-13)14-9-7-11(18-2)12(19-3)8-10(9)15(16)17/h7-8,14H,4-6H2,1-3H3. The van der Waals surface area contributed by atoms with E-state index in [4.69, 9.17) is 9.47 Å². The molecule has 0 bridgehead atoms. The molecule has 0 heterocycles. The highest BCUT2D eigenvalue weighted by molar-refractivity contribution is 5.69. The second-order valence-electron chi connectivity index (χ2n) is 5.02. The van der Waals surface area contributed by atoms with Crippen LogP contribution in [-0.4, -0.2) is 24.7 Å². The molecule has 0 unspecified atom stereocenters. The van der Waals surface area contributed by atoms with Gasteiger partial charge in [-0.15, -0.1) is 0 Å². The van der Waals surface area contributed by atoms with Gasteiger partial charge in [-0.05, 0) is 26.2 Å². The van der Waals surface area contributed by atoms with Gasteiger partial charge in [0.15, 0.2) is 11.5 Å². The van der Waals surface area contributed by atoms with E-state index in [1.165, 1.54) is 20.3 Å². The molecule has 0 aromatic heterocycles. The number of hydrogen-bond donors (Lipinski definition) is 1. The molecule has 1 N–H and O–H groups in total. The summed E-state index contributed by atoms with van der Waals surface area (Å²) < 4.78 is 10.3. The normalized spacial score (nSPS) is 16.4. The Kier molecular flexibility index (Phi) is 3.50. The molecule has 19 heavy (non-hydrogen) atoms. The first-order chi connectivity index (χ1) is 8.99. The van der Waals surface area contributed by atoms with Crippen LogP contribution in [0, 0.1) is 10.1 Å². The van der Waals surface area contributed by atoms with Gasteiger partial charge in [0.05, 0.1) is 25.2 Å². The summed E-state index contributed by atoms with van der Waals surface area (Å²) in [7, 11) is 2.97. The van der Waals surface area contributed by atoms with Crippen molar-refractivity contribution in [1.29, 1.82) is 0 Å². The van der Waals surface area contributed by atoms with E-state index in [-0.39, 0.29) is 11.2 Å². The molecular weight excluding hydrogens is 248 g/mol. The monoisotopic (exact) mass is 266 g/mol. The van der Waals surface area contributed by atoms with Gasteiger partial charge in [-0.3, -0.25) is 10.1 Å². The van der Waals surface area contributed by atoms with E-state index in [9.17, 15) is 10.1 Å². The molecule has 0 radical (unpaired) electrons. The van der Waals surface area contributed by atoms with Crippen LogP contribution in [0.4, 0.5) is 11.4 Å². The van der Waals surface area contributed by atoms with E-state index in [1.54, 1.807) is 6.07 Å². The zero-order valence-electron chi connectivity index (χ0n) is 11.4. The summed E-state index contributed by atoms with van der Waals surface area (Å²) in [5.41, 5.74) is 0.417. The van der Waals surface area contributed by atoms with Crippen LogP contribution < -0.4 is 14.8 Å². The molecule has 6 heteroatoms. The van der Waals surface area contributed by atoms with Gasteiger partial charge in [0, 0.05) is 11.6 Å². The van der Waals surface area contributed by atoms with Gasteiger partial charge in [0.2, 0.25) is 0 Å². The molecule has 1 aliphatic carbocycles. The summed E-state index contributed by atoms with van der Waals surface area (Å²) in [6, 6.07) is 3.02. The second kappa shape index (κ2) is 4.95. The van der Waals surface area contributed by atoms with Crippen LogP contribution in [0.25, 0.3) is 0 Å². The molecule has 0 aliphatic heterocycles. The third-order valence-corrected chi connectivity index (χ3v) is 3.59. The Morgan fingerprint density at radius 3 is 2.26 bits per heavy atom. The minimum absolute atomic E-state index is 0.00535. The maximum atomic E-state index is 11.2. The summed E-state index contributed by atoms with van der Waals surface area (Å²) >= 11 is 0. The Morgan fingerprint density at radius 2 is 1.84 bits per heavy atom. The molecule has 1 aliphatic rings. The lowest BCUT2D eigenvalue weighted by atomic mass is 9.78. The van der Waals surface area contributed by atoms with E-state index in [0.717, 1.165) is 19.3 Å². The maximum absolute atomic E-state index is 11.2. The molecule has 0 atom stereocenters. The first kappa shape index (κ1) is 13.5. The fraction of sp³-hybridized carbons (Fsp3) is 0.538. The van der Waals surface area contributed by atoms with Crippen molar-refractivity contribution in [3.8, 4) is 11.5 Å². The first-order valence-corrected chi connectivity index (χ1v) is 6.18. The van der Waals surface area contributed by atoms with Gasteiger partial charge < -0.3 is 14.8 Å². The SMILES string of the molecule is COc1cc(NC2(C)CCC2)c([N+](=O)[O-])cc1OC. The van der Waals surface area contributed by atoms with Crippen LogP contribution in [0.15, 0.2) is 12.1 Å². The van der Waals surface area contributed by atoms with Crippen LogP contribution in [0.3, 0.4) is 0 Å². The third-order valence-electron chi connectivity index (χ3n) is 3.59. The number of nitro benzene ring substituents is 1. The minimum atomic E-state index is -0.410.